The van der Waals surface area contributed by atoms with E-state index in [-0.39, 0.29) is 0 Å². The van der Waals surface area contributed by atoms with Crippen molar-refractivity contribution < 1.29 is 24.5 Å². The van der Waals surface area contributed by atoms with Crippen molar-refractivity contribution in [3.63, 3.8) is 0 Å². The van der Waals surface area contributed by atoms with Crippen LogP contribution in [0, 0.1) is 5.41 Å². The van der Waals surface area contributed by atoms with Crippen LogP contribution in [0.1, 0.15) is 40.0 Å². The molecule has 0 amide bonds. The van der Waals surface area contributed by atoms with Gasteiger partial charge in [0.15, 0.2) is 0 Å². The van der Waals surface area contributed by atoms with Gasteiger partial charge in [-0.2, -0.15) is 13.2 Å². The molecule has 2 bridgehead atoms. The maximum absolute atomic E-state index is 13.7. The van der Waals surface area contributed by atoms with Crippen molar-refractivity contribution in [1.82, 2.24) is 0 Å². The summed E-state index contributed by atoms with van der Waals surface area (Å²) in [6.07, 6.45) is -5.85. The highest BCUT2D eigenvalue weighted by atomic mass is 27.3. The van der Waals surface area contributed by atoms with Gasteiger partial charge in [0, 0.05) is 18.3 Å². The Hall–Kier alpha value is 0.202. The molecule has 0 aromatic heterocycles. The molecule has 3 aliphatic heterocycles. The molecule has 3 saturated heterocycles. The van der Waals surface area contributed by atoms with Gasteiger partial charge in [0.05, 0.1) is 0 Å². The van der Waals surface area contributed by atoms with E-state index in [1.54, 1.807) is 20.8 Å². The largest absolute Gasteiger partial charge is 0.906 e. The average molecular weight is 282 g/mol. The quantitative estimate of drug-likeness (QED) is 0.745. The lowest BCUT2D eigenvalue weighted by Gasteiger charge is -2.59. The molecule has 3 rings (SSSR count). The number of rotatable bonds is 3. The molecule has 3 atom stereocenters. The Morgan fingerprint density at radius 3 is 1.44 bits per heavy atom. The summed E-state index contributed by atoms with van der Waals surface area (Å²) in [5, 5.41) is 0. The van der Waals surface area contributed by atoms with E-state index < -0.39 is 45.1 Å². The number of halogens is 3. The zero-order valence-corrected chi connectivity index (χ0v) is 11.9. The Labute approximate surface area is 110 Å². The van der Waals surface area contributed by atoms with E-state index in [1.165, 1.54) is 0 Å². The number of alkyl halides is 3. The van der Waals surface area contributed by atoms with Crippen LogP contribution in [0.2, 0.25) is 0 Å². The summed E-state index contributed by atoms with van der Waals surface area (Å²) in [5.41, 5.74) is -2.01. The lowest BCUT2D eigenvalue weighted by Crippen LogP contribution is -2.74. The van der Waals surface area contributed by atoms with Crippen LogP contribution < -0.4 is 0 Å². The third-order valence-electron chi connectivity index (χ3n) is 4.03. The second-order valence-corrected chi connectivity index (χ2v) is 6.21. The molecule has 18 heavy (non-hydrogen) atoms. The van der Waals surface area contributed by atoms with Gasteiger partial charge in [-0.05, 0) is 19.3 Å². The second-order valence-electron chi connectivity index (χ2n) is 4.82. The lowest BCUT2D eigenvalue weighted by molar-refractivity contribution is -0.355. The summed E-state index contributed by atoms with van der Waals surface area (Å²) in [5.74, 6) is 0. The molecule has 0 aliphatic carbocycles. The van der Waals surface area contributed by atoms with Crippen molar-refractivity contribution in [2.24, 2.45) is 5.41 Å². The molecule has 0 spiro atoms. The molecular formula is C11H18AlF3O3. The van der Waals surface area contributed by atoms with Gasteiger partial charge < -0.3 is 11.4 Å². The molecule has 0 aromatic rings. The Kier molecular flexibility index (Phi) is 4.02. The molecule has 3 aliphatic rings. The van der Waals surface area contributed by atoms with Crippen molar-refractivity contribution in [2.45, 2.75) is 64.5 Å². The smallest absolute Gasteiger partial charge is 0.451 e. The molecule has 3 heterocycles. The van der Waals surface area contributed by atoms with Crippen molar-refractivity contribution in [3.8, 4) is 0 Å². The Bertz CT molecular complexity index is 274. The highest BCUT2D eigenvalue weighted by molar-refractivity contribution is 6.37. The molecular weight excluding hydrogens is 264 g/mol. The Balaban J connectivity index is 2.50. The first-order valence-corrected chi connectivity index (χ1v) is 7.86. The summed E-state index contributed by atoms with van der Waals surface area (Å²) < 4.78 is 57.3. The summed E-state index contributed by atoms with van der Waals surface area (Å²) in [4.78, 5) is 0. The molecule has 3 nitrogen and oxygen atoms in total. The predicted octanol–water partition coefficient (Wildman–Crippen LogP) is 2.93. The van der Waals surface area contributed by atoms with Crippen LogP contribution in [0.25, 0.3) is 0 Å². The van der Waals surface area contributed by atoms with Crippen molar-refractivity contribution in [3.05, 3.63) is 0 Å². The lowest BCUT2D eigenvalue weighted by atomic mass is 9.68. The number of hydrogen-bond acceptors (Lipinski definition) is 3. The van der Waals surface area contributed by atoms with Gasteiger partial charge in [-0.3, -0.25) is 0 Å². The summed E-state index contributed by atoms with van der Waals surface area (Å²) in [6, 6.07) is 0. The molecule has 0 N–H and O–H groups in total. The Morgan fingerprint density at radius 1 is 0.889 bits per heavy atom. The minimum absolute atomic E-state index is 0.336. The van der Waals surface area contributed by atoms with E-state index in [4.69, 9.17) is 11.4 Å². The van der Waals surface area contributed by atoms with Crippen LogP contribution in [0.4, 0.5) is 13.2 Å². The first-order valence-electron chi connectivity index (χ1n) is 6.44. The Morgan fingerprint density at radius 2 is 1.22 bits per heavy atom. The highest BCUT2D eigenvalue weighted by Crippen LogP contribution is 2.57. The van der Waals surface area contributed by atoms with Gasteiger partial charge in [-0.1, -0.05) is 20.8 Å². The van der Waals surface area contributed by atoms with Gasteiger partial charge in [0.1, 0.15) is 5.41 Å². The van der Waals surface area contributed by atoms with E-state index in [0.717, 1.165) is 0 Å². The monoisotopic (exact) mass is 282 g/mol. The van der Waals surface area contributed by atoms with Crippen LogP contribution in [0.5, 0.6) is 0 Å². The SMILES string of the molecule is CCC1[O][Al]2[O]C(CC)C1(C(F)(F)F)C(CC)[O]2. The average Bonchev–Trinajstić information content (AvgIpc) is 2.36. The molecule has 104 valence electrons. The zero-order chi connectivity index (χ0) is 13.6. The highest BCUT2D eigenvalue weighted by Gasteiger charge is 2.75. The molecule has 3 fully saturated rings. The van der Waals surface area contributed by atoms with E-state index in [0.29, 0.717) is 19.3 Å². The van der Waals surface area contributed by atoms with E-state index in [1.807, 2.05) is 0 Å². The van der Waals surface area contributed by atoms with Crippen LogP contribution in [-0.4, -0.2) is 39.6 Å². The summed E-state index contributed by atoms with van der Waals surface area (Å²) in [7, 11) is 0. The maximum atomic E-state index is 13.7. The van der Waals surface area contributed by atoms with Crippen LogP contribution >= 0.6 is 0 Å². The van der Waals surface area contributed by atoms with E-state index in [2.05, 4.69) is 0 Å². The fraction of sp³-hybridized carbons (Fsp3) is 1.00. The first-order chi connectivity index (χ1) is 8.41. The normalized spacial score (nSPS) is 40.3. The third kappa shape index (κ3) is 1.83. The van der Waals surface area contributed by atoms with E-state index >= 15 is 0 Å². The van der Waals surface area contributed by atoms with Gasteiger partial charge in [-0.15, -0.1) is 0 Å². The topological polar surface area (TPSA) is 27.7 Å². The van der Waals surface area contributed by atoms with Crippen molar-refractivity contribution in [2.75, 3.05) is 0 Å². The first kappa shape index (κ1) is 14.6. The zero-order valence-electron chi connectivity index (χ0n) is 10.8. The maximum Gasteiger partial charge on any atom is 0.906 e. The van der Waals surface area contributed by atoms with Crippen LogP contribution in [0.15, 0.2) is 0 Å². The minimum atomic E-state index is -4.38. The van der Waals surface area contributed by atoms with Gasteiger partial charge in [-0.25, -0.2) is 0 Å². The standard InChI is InChI=1S/C11H18F3O3.Al/c1-4-7(15)10(8(16)5-2,9(17)6-3)11(12,13)14;/h7-9H,4-6H2,1-3H3;/q-3;+3. The number of hydrogen-bond donors (Lipinski definition) is 0. The van der Waals surface area contributed by atoms with Crippen molar-refractivity contribution in [1.29, 1.82) is 0 Å². The molecule has 0 aromatic carbocycles. The second kappa shape index (κ2) is 4.95. The van der Waals surface area contributed by atoms with E-state index in [9.17, 15) is 13.2 Å². The van der Waals surface area contributed by atoms with Crippen molar-refractivity contribution >= 4 is 15.1 Å². The van der Waals surface area contributed by atoms with Crippen LogP contribution in [-0.2, 0) is 11.4 Å². The fourth-order valence-corrected chi connectivity index (χ4v) is 5.56. The molecule has 0 radical (unpaired) electrons. The molecule has 0 saturated carbocycles. The van der Waals surface area contributed by atoms with Gasteiger partial charge in [0.2, 0.25) is 0 Å². The summed E-state index contributed by atoms with van der Waals surface area (Å²) in [6.45, 7) is 5.19. The summed E-state index contributed by atoms with van der Waals surface area (Å²) >= 11 is -2.38. The van der Waals surface area contributed by atoms with Gasteiger partial charge >= 0.3 is 21.3 Å². The van der Waals surface area contributed by atoms with Gasteiger partial charge in [0.25, 0.3) is 0 Å². The molecule has 3 unspecified atom stereocenters. The number of fused-ring (bicyclic) bond motifs is 3. The molecule has 7 heteroatoms. The third-order valence-corrected chi connectivity index (χ3v) is 5.68. The minimum Gasteiger partial charge on any atom is -0.451 e. The fourth-order valence-electron chi connectivity index (χ4n) is 3.31. The predicted molar refractivity (Wildman–Crippen MR) is 59.7 cm³/mol. The van der Waals surface area contributed by atoms with Crippen LogP contribution in [0.3, 0.4) is 0 Å².